The van der Waals surface area contributed by atoms with Crippen LogP contribution in [0.25, 0.3) is 22.3 Å². The highest BCUT2D eigenvalue weighted by Crippen LogP contribution is 2.27. The van der Waals surface area contributed by atoms with Crippen molar-refractivity contribution >= 4 is 22.7 Å². The molecule has 0 bridgehead atoms. The van der Waals surface area contributed by atoms with Gasteiger partial charge in [0.05, 0.1) is 18.0 Å². The van der Waals surface area contributed by atoms with Crippen molar-refractivity contribution in [3.05, 3.63) is 54.1 Å². The molecular weight excluding hydrogens is 314 g/mol. The Kier molecular flexibility index (Phi) is 4.40. The third-order valence-corrected chi connectivity index (χ3v) is 4.01. The number of carbonyl (C=O) groups is 1. The van der Waals surface area contributed by atoms with Gasteiger partial charge in [-0.25, -0.2) is 9.97 Å². The molecule has 5 nitrogen and oxygen atoms in total. The first-order chi connectivity index (χ1) is 11.8. The molecule has 1 N–H and O–H groups in total. The van der Waals surface area contributed by atoms with E-state index in [0.29, 0.717) is 11.6 Å². The van der Waals surface area contributed by atoms with E-state index < -0.39 is 5.97 Å². The first kappa shape index (κ1) is 16.9. The van der Waals surface area contributed by atoms with Crippen LogP contribution in [0.15, 0.2) is 48.5 Å². The highest BCUT2D eigenvalue weighted by atomic mass is 16.4. The fraction of sp³-hybridized carbons (Fsp3) is 0.250. The number of carboxylic acid groups (broad SMARTS) is 1. The summed E-state index contributed by atoms with van der Waals surface area (Å²) in [6.45, 7) is 6.19. The standard InChI is InChI=1S/C20H21N3O2/c1-20(2,3)14-10-8-13(9-11-14)18-22-16-7-5-4-6-15(16)19(23-18)21-12-17(24)25/h4-11H,12H2,1-3H3,(H,24,25)(H,21,22,23)/p-1. The lowest BCUT2D eigenvalue weighted by molar-refractivity contribution is -0.302. The van der Waals surface area contributed by atoms with E-state index >= 15 is 0 Å². The van der Waals surface area contributed by atoms with Crippen LogP contribution >= 0.6 is 0 Å². The fourth-order valence-electron chi connectivity index (χ4n) is 2.62. The molecular formula is C20H20N3O2-. The van der Waals surface area contributed by atoms with Gasteiger partial charge in [-0.05, 0) is 23.1 Å². The van der Waals surface area contributed by atoms with E-state index in [0.717, 1.165) is 16.5 Å². The molecule has 0 atom stereocenters. The van der Waals surface area contributed by atoms with Gasteiger partial charge >= 0.3 is 0 Å². The zero-order chi connectivity index (χ0) is 18.0. The number of anilines is 1. The molecule has 3 rings (SSSR count). The number of hydrogen-bond donors (Lipinski definition) is 1. The molecule has 2 aromatic carbocycles. The number of fused-ring (bicyclic) bond motifs is 1. The third-order valence-electron chi connectivity index (χ3n) is 4.01. The van der Waals surface area contributed by atoms with Gasteiger partial charge in [-0.15, -0.1) is 0 Å². The predicted octanol–water partition coefficient (Wildman–Crippen LogP) is 2.76. The number of aliphatic carboxylic acids is 1. The molecule has 0 fully saturated rings. The van der Waals surface area contributed by atoms with Crippen LogP contribution in [0.2, 0.25) is 0 Å². The van der Waals surface area contributed by atoms with Crippen molar-refractivity contribution in [2.75, 3.05) is 11.9 Å². The first-order valence-corrected chi connectivity index (χ1v) is 8.16. The van der Waals surface area contributed by atoms with Gasteiger partial charge in [-0.2, -0.15) is 0 Å². The molecule has 25 heavy (non-hydrogen) atoms. The van der Waals surface area contributed by atoms with E-state index in [4.69, 9.17) is 0 Å². The third kappa shape index (κ3) is 3.76. The Balaban J connectivity index is 2.05. The van der Waals surface area contributed by atoms with Crippen molar-refractivity contribution in [3.8, 4) is 11.4 Å². The van der Waals surface area contributed by atoms with Crippen LogP contribution in [0.1, 0.15) is 26.3 Å². The molecule has 5 heteroatoms. The number of para-hydroxylation sites is 1. The molecule has 3 aromatic rings. The molecule has 0 aliphatic rings. The monoisotopic (exact) mass is 334 g/mol. The van der Waals surface area contributed by atoms with Gasteiger partial charge < -0.3 is 15.2 Å². The van der Waals surface area contributed by atoms with Gasteiger partial charge in [-0.3, -0.25) is 0 Å². The lowest BCUT2D eigenvalue weighted by atomic mass is 9.87. The highest BCUT2D eigenvalue weighted by molar-refractivity contribution is 5.91. The van der Waals surface area contributed by atoms with Gasteiger partial charge in [-0.1, -0.05) is 57.2 Å². The van der Waals surface area contributed by atoms with E-state index in [9.17, 15) is 9.90 Å². The second kappa shape index (κ2) is 6.51. The Morgan fingerprint density at radius 1 is 1.04 bits per heavy atom. The molecule has 128 valence electrons. The minimum Gasteiger partial charge on any atom is -0.548 e. The number of rotatable bonds is 4. The zero-order valence-electron chi connectivity index (χ0n) is 14.5. The summed E-state index contributed by atoms with van der Waals surface area (Å²) in [5.74, 6) is -0.136. The Morgan fingerprint density at radius 2 is 1.72 bits per heavy atom. The van der Waals surface area contributed by atoms with Crippen LogP contribution in [0.5, 0.6) is 0 Å². The van der Waals surface area contributed by atoms with Crippen molar-refractivity contribution in [3.63, 3.8) is 0 Å². The number of hydrogen-bond acceptors (Lipinski definition) is 5. The summed E-state index contributed by atoms with van der Waals surface area (Å²) in [5, 5.41) is 14.4. The van der Waals surface area contributed by atoms with Gasteiger partial charge in [0.25, 0.3) is 0 Å². The summed E-state index contributed by atoms with van der Waals surface area (Å²) in [7, 11) is 0. The van der Waals surface area contributed by atoms with Crippen LogP contribution < -0.4 is 10.4 Å². The predicted molar refractivity (Wildman–Crippen MR) is 97.2 cm³/mol. The number of benzene rings is 2. The van der Waals surface area contributed by atoms with E-state index in [1.807, 2.05) is 36.4 Å². The summed E-state index contributed by atoms with van der Waals surface area (Å²) in [4.78, 5) is 19.9. The molecule has 0 aliphatic carbocycles. The summed E-state index contributed by atoms with van der Waals surface area (Å²) in [6, 6.07) is 15.6. The topological polar surface area (TPSA) is 77.9 Å². The van der Waals surface area contributed by atoms with Gasteiger partial charge in [0, 0.05) is 10.9 Å². The lowest BCUT2D eigenvalue weighted by Gasteiger charge is -2.19. The number of nitrogens with zero attached hydrogens (tertiary/aromatic N) is 2. The summed E-state index contributed by atoms with van der Waals surface area (Å²) in [6.07, 6.45) is 0. The Morgan fingerprint density at radius 3 is 2.36 bits per heavy atom. The molecule has 0 aliphatic heterocycles. The van der Waals surface area contributed by atoms with E-state index in [-0.39, 0.29) is 12.0 Å². The number of carbonyl (C=O) groups excluding carboxylic acids is 1. The molecule has 1 aromatic heterocycles. The minimum absolute atomic E-state index is 0.0734. The van der Waals surface area contributed by atoms with E-state index in [1.165, 1.54) is 5.56 Å². The van der Waals surface area contributed by atoms with Crippen molar-refractivity contribution in [2.24, 2.45) is 0 Å². The van der Waals surface area contributed by atoms with Crippen molar-refractivity contribution in [1.29, 1.82) is 0 Å². The maximum absolute atomic E-state index is 10.8. The molecule has 0 saturated heterocycles. The molecule has 1 heterocycles. The van der Waals surface area contributed by atoms with Gasteiger partial charge in [0.1, 0.15) is 5.82 Å². The summed E-state index contributed by atoms with van der Waals surface area (Å²) in [5.41, 5.74) is 2.94. The van der Waals surface area contributed by atoms with Crippen molar-refractivity contribution in [2.45, 2.75) is 26.2 Å². The second-order valence-electron chi connectivity index (χ2n) is 6.97. The zero-order valence-corrected chi connectivity index (χ0v) is 14.5. The number of aromatic nitrogens is 2. The number of nitrogens with one attached hydrogen (secondary N) is 1. The number of carboxylic acids is 1. The van der Waals surface area contributed by atoms with Crippen LogP contribution in [0.4, 0.5) is 5.82 Å². The molecule has 0 radical (unpaired) electrons. The fourth-order valence-corrected chi connectivity index (χ4v) is 2.62. The maximum atomic E-state index is 10.8. The first-order valence-electron chi connectivity index (χ1n) is 8.16. The SMILES string of the molecule is CC(C)(C)c1ccc(-c2nc(NCC(=O)[O-])c3ccccc3n2)cc1. The van der Waals surface area contributed by atoms with Crippen LogP contribution in [-0.2, 0) is 10.2 Å². The van der Waals surface area contributed by atoms with Gasteiger partial charge in [0.2, 0.25) is 0 Å². The maximum Gasteiger partial charge on any atom is 0.162 e. The Labute approximate surface area is 146 Å². The van der Waals surface area contributed by atoms with Gasteiger partial charge in [0.15, 0.2) is 5.82 Å². The normalized spacial score (nSPS) is 11.5. The van der Waals surface area contributed by atoms with Crippen molar-refractivity contribution in [1.82, 2.24) is 9.97 Å². The summed E-state index contributed by atoms with van der Waals surface area (Å²) >= 11 is 0. The smallest absolute Gasteiger partial charge is 0.162 e. The highest BCUT2D eigenvalue weighted by Gasteiger charge is 2.14. The second-order valence-corrected chi connectivity index (χ2v) is 6.97. The molecule has 0 saturated carbocycles. The quantitative estimate of drug-likeness (QED) is 0.794. The molecule has 0 amide bonds. The molecule has 0 spiro atoms. The average molecular weight is 334 g/mol. The van der Waals surface area contributed by atoms with E-state index in [2.05, 4.69) is 48.2 Å². The lowest BCUT2D eigenvalue weighted by Crippen LogP contribution is -2.30. The minimum atomic E-state index is -1.18. The Bertz CT molecular complexity index is 912. The van der Waals surface area contributed by atoms with Crippen LogP contribution in [0.3, 0.4) is 0 Å². The average Bonchev–Trinajstić information content (AvgIpc) is 2.58. The molecule has 0 unspecified atom stereocenters. The Hall–Kier alpha value is -2.95. The van der Waals surface area contributed by atoms with Crippen LogP contribution in [0, 0.1) is 0 Å². The summed E-state index contributed by atoms with van der Waals surface area (Å²) < 4.78 is 0. The van der Waals surface area contributed by atoms with E-state index in [1.54, 1.807) is 0 Å². The van der Waals surface area contributed by atoms with Crippen molar-refractivity contribution < 1.29 is 9.90 Å². The van der Waals surface area contributed by atoms with Crippen LogP contribution in [-0.4, -0.2) is 22.5 Å². The largest absolute Gasteiger partial charge is 0.548 e.